The Morgan fingerprint density at radius 1 is 0.867 bits per heavy atom. The first-order valence-corrected chi connectivity index (χ1v) is 9.92. The minimum absolute atomic E-state index is 0.0615. The summed E-state index contributed by atoms with van der Waals surface area (Å²) >= 11 is 0. The van der Waals surface area contributed by atoms with Crippen molar-refractivity contribution in [3.8, 4) is 22.5 Å². The lowest BCUT2D eigenvalue weighted by Gasteiger charge is -2.08. The molecule has 0 saturated carbocycles. The zero-order valence-electron chi connectivity index (χ0n) is 14.9. The molecule has 160 valence electrons. The van der Waals surface area contributed by atoms with E-state index < -0.39 is 50.0 Å². The van der Waals surface area contributed by atoms with Crippen molar-refractivity contribution in [1.82, 2.24) is 9.97 Å². The molecule has 2 aromatic carbocycles. The van der Waals surface area contributed by atoms with Gasteiger partial charge >= 0.3 is 12.4 Å². The fourth-order valence-corrected chi connectivity index (χ4v) is 3.43. The highest BCUT2D eigenvalue weighted by atomic mass is 32.2. The second kappa shape index (κ2) is 7.11. The van der Waals surface area contributed by atoms with E-state index in [0.717, 1.165) is 30.5 Å². The van der Waals surface area contributed by atoms with Crippen LogP contribution in [0.1, 0.15) is 11.4 Å². The van der Waals surface area contributed by atoms with Crippen LogP contribution in [-0.2, 0) is 22.2 Å². The van der Waals surface area contributed by atoms with Gasteiger partial charge in [0, 0.05) is 17.4 Å². The molecule has 3 aromatic rings. The summed E-state index contributed by atoms with van der Waals surface area (Å²) in [6.07, 6.45) is -8.80. The number of halogens is 7. The molecule has 0 fully saturated rings. The number of H-pyrrole nitrogens is 1. The fourth-order valence-electron chi connectivity index (χ4n) is 2.70. The van der Waals surface area contributed by atoms with Gasteiger partial charge < -0.3 is 4.98 Å². The van der Waals surface area contributed by atoms with E-state index in [1.807, 2.05) is 4.98 Å². The molecular formula is C18H11F7N2O2S. The minimum atomic E-state index is -4.91. The van der Waals surface area contributed by atoms with Crippen LogP contribution in [0.4, 0.5) is 30.7 Å². The summed E-state index contributed by atoms with van der Waals surface area (Å²) in [6.45, 7) is 0. The van der Waals surface area contributed by atoms with Gasteiger partial charge in [-0.3, -0.25) is 0 Å². The molecule has 0 aliphatic rings. The van der Waals surface area contributed by atoms with E-state index in [1.165, 1.54) is 0 Å². The van der Waals surface area contributed by atoms with Crippen molar-refractivity contribution in [2.24, 2.45) is 0 Å². The molecule has 0 atom stereocenters. The Hall–Kier alpha value is -2.89. The summed E-state index contributed by atoms with van der Waals surface area (Å²) in [7, 11) is -3.92. The molecule has 0 unspecified atom stereocenters. The number of alkyl halides is 6. The molecule has 30 heavy (non-hydrogen) atoms. The summed E-state index contributed by atoms with van der Waals surface area (Å²) in [5, 5.41) is 0. The predicted molar refractivity (Wildman–Crippen MR) is 92.5 cm³/mol. The molecule has 1 N–H and O–H groups in total. The van der Waals surface area contributed by atoms with Gasteiger partial charge in [-0.1, -0.05) is 18.2 Å². The molecule has 0 amide bonds. The van der Waals surface area contributed by atoms with Gasteiger partial charge in [0.25, 0.3) is 0 Å². The first kappa shape index (κ1) is 21.8. The maximum atomic E-state index is 14.2. The van der Waals surface area contributed by atoms with Gasteiger partial charge in [0.15, 0.2) is 9.84 Å². The highest BCUT2D eigenvalue weighted by molar-refractivity contribution is 7.90. The zero-order valence-corrected chi connectivity index (χ0v) is 15.7. The molecule has 0 aliphatic heterocycles. The standard InChI is InChI=1S/C18H11F7N2O2S/c1-30(28,29)13-7-4-10(8-12(13)19)15-14(26-16(27-15)18(23,24)25)9-2-5-11(6-3-9)17(20,21)22/h2-8H,1H3,(H,26,27). The average Bonchev–Trinajstić information content (AvgIpc) is 3.05. The Labute approximate surface area is 165 Å². The maximum absolute atomic E-state index is 14.2. The zero-order chi connectivity index (χ0) is 22.5. The number of sulfone groups is 1. The maximum Gasteiger partial charge on any atom is 0.449 e. The third-order valence-electron chi connectivity index (χ3n) is 4.08. The van der Waals surface area contributed by atoms with E-state index in [-0.39, 0.29) is 16.8 Å². The Morgan fingerprint density at radius 2 is 1.43 bits per heavy atom. The summed E-state index contributed by atoms with van der Waals surface area (Å²) in [5.74, 6) is -2.65. The summed E-state index contributed by atoms with van der Waals surface area (Å²) in [5.41, 5.74) is -1.97. The topological polar surface area (TPSA) is 62.8 Å². The smallest absolute Gasteiger partial charge is 0.334 e. The Morgan fingerprint density at radius 3 is 1.90 bits per heavy atom. The number of hydrogen-bond donors (Lipinski definition) is 1. The molecule has 0 aliphatic carbocycles. The SMILES string of the molecule is CS(=O)(=O)c1ccc(-c2nc(C(F)(F)F)[nH]c2-c2ccc(C(F)(F)F)cc2)cc1F. The van der Waals surface area contributed by atoms with E-state index in [0.29, 0.717) is 18.2 Å². The van der Waals surface area contributed by atoms with Crippen molar-refractivity contribution in [2.45, 2.75) is 17.2 Å². The van der Waals surface area contributed by atoms with Crippen LogP contribution in [0.3, 0.4) is 0 Å². The largest absolute Gasteiger partial charge is 0.449 e. The number of aromatic nitrogens is 2. The average molecular weight is 452 g/mol. The van der Waals surface area contributed by atoms with Gasteiger partial charge in [0.2, 0.25) is 5.82 Å². The first-order chi connectivity index (χ1) is 13.7. The van der Waals surface area contributed by atoms with Crippen LogP contribution in [0, 0.1) is 5.82 Å². The number of imidazole rings is 1. The van der Waals surface area contributed by atoms with E-state index in [2.05, 4.69) is 4.98 Å². The van der Waals surface area contributed by atoms with Crippen LogP contribution >= 0.6 is 0 Å². The molecule has 0 spiro atoms. The predicted octanol–water partition coefficient (Wildman–Crippen LogP) is 5.32. The van der Waals surface area contributed by atoms with Crippen molar-refractivity contribution < 1.29 is 39.2 Å². The van der Waals surface area contributed by atoms with E-state index >= 15 is 0 Å². The number of nitrogens with one attached hydrogen (secondary N) is 1. The Kier molecular flexibility index (Phi) is 5.17. The molecule has 4 nitrogen and oxygen atoms in total. The number of nitrogens with zero attached hydrogens (tertiary/aromatic N) is 1. The number of aromatic amines is 1. The molecule has 1 heterocycles. The van der Waals surface area contributed by atoms with Crippen molar-refractivity contribution in [2.75, 3.05) is 6.26 Å². The fraction of sp³-hybridized carbons (Fsp3) is 0.167. The third-order valence-corrected chi connectivity index (χ3v) is 5.21. The van der Waals surface area contributed by atoms with Crippen molar-refractivity contribution in [3.63, 3.8) is 0 Å². The highest BCUT2D eigenvalue weighted by Crippen LogP contribution is 2.37. The molecule has 3 rings (SSSR count). The van der Waals surface area contributed by atoms with Crippen LogP contribution in [0.2, 0.25) is 0 Å². The minimum Gasteiger partial charge on any atom is -0.334 e. The van der Waals surface area contributed by atoms with Crippen LogP contribution in [0.25, 0.3) is 22.5 Å². The van der Waals surface area contributed by atoms with E-state index in [1.54, 1.807) is 0 Å². The lowest BCUT2D eigenvalue weighted by molar-refractivity contribution is -0.144. The first-order valence-electron chi connectivity index (χ1n) is 8.03. The Bertz CT molecular complexity index is 1190. The molecule has 1 aromatic heterocycles. The van der Waals surface area contributed by atoms with E-state index in [9.17, 15) is 39.2 Å². The molecule has 0 saturated heterocycles. The monoisotopic (exact) mass is 452 g/mol. The second-order valence-electron chi connectivity index (χ2n) is 6.30. The van der Waals surface area contributed by atoms with Gasteiger partial charge in [-0.15, -0.1) is 0 Å². The normalized spacial score (nSPS) is 12.9. The lowest BCUT2D eigenvalue weighted by Crippen LogP contribution is -2.07. The van der Waals surface area contributed by atoms with Gasteiger partial charge in [0.05, 0.1) is 17.0 Å². The summed E-state index contributed by atoms with van der Waals surface area (Å²) in [6, 6.07) is 5.88. The van der Waals surface area contributed by atoms with Crippen LogP contribution < -0.4 is 0 Å². The van der Waals surface area contributed by atoms with Gasteiger partial charge in [-0.25, -0.2) is 17.8 Å². The summed E-state index contributed by atoms with van der Waals surface area (Å²) < 4.78 is 115. The van der Waals surface area contributed by atoms with Crippen molar-refractivity contribution >= 4 is 9.84 Å². The lowest BCUT2D eigenvalue weighted by atomic mass is 10.0. The van der Waals surface area contributed by atoms with Crippen molar-refractivity contribution in [1.29, 1.82) is 0 Å². The second-order valence-corrected chi connectivity index (χ2v) is 8.28. The third kappa shape index (κ3) is 4.32. The number of benzene rings is 2. The van der Waals surface area contributed by atoms with Crippen LogP contribution in [-0.4, -0.2) is 24.6 Å². The highest BCUT2D eigenvalue weighted by Gasteiger charge is 2.36. The Balaban J connectivity index is 2.18. The quantitative estimate of drug-likeness (QED) is 0.547. The molecule has 0 bridgehead atoms. The molecule has 12 heteroatoms. The van der Waals surface area contributed by atoms with Crippen LogP contribution in [0.15, 0.2) is 47.4 Å². The van der Waals surface area contributed by atoms with Gasteiger partial charge in [0.1, 0.15) is 10.7 Å². The van der Waals surface area contributed by atoms with Gasteiger partial charge in [-0.05, 0) is 24.3 Å². The van der Waals surface area contributed by atoms with Gasteiger partial charge in [-0.2, -0.15) is 26.3 Å². The molecule has 0 radical (unpaired) electrons. The van der Waals surface area contributed by atoms with Crippen molar-refractivity contribution in [3.05, 3.63) is 59.7 Å². The van der Waals surface area contributed by atoms with Crippen LogP contribution in [0.5, 0.6) is 0 Å². The number of rotatable bonds is 3. The number of hydrogen-bond acceptors (Lipinski definition) is 3. The molecular weight excluding hydrogens is 441 g/mol. The summed E-state index contributed by atoms with van der Waals surface area (Å²) in [4.78, 5) is 4.76. The van der Waals surface area contributed by atoms with E-state index in [4.69, 9.17) is 0 Å².